The number of aliphatic hydroxyl groups excluding tert-OH is 1. The van der Waals surface area contributed by atoms with E-state index in [2.05, 4.69) is 0 Å². The Labute approximate surface area is 81.4 Å². The number of benzene rings is 1. The van der Waals surface area contributed by atoms with E-state index in [1.807, 2.05) is 0 Å². The van der Waals surface area contributed by atoms with Gasteiger partial charge in [0.25, 0.3) is 0 Å². The zero-order valence-electron chi connectivity index (χ0n) is 8.08. The van der Waals surface area contributed by atoms with Gasteiger partial charge in [-0.3, -0.25) is 0 Å². The predicted molar refractivity (Wildman–Crippen MR) is 49.8 cm³/mol. The first-order chi connectivity index (χ1) is 6.38. The van der Waals surface area contributed by atoms with Crippen molar-refractivity contribution in [2.24, 2.45) is 0 Å². The van der Waals surface area contributed by atoms with Gasteiger partial charge < -0.3 is 15.3 Å². The van der Waals surface area contributed by atoms with Crippen LogP contribution < -0.4 is 0 Å². The maximum Gasteiger partial charge on any atom is 0.168 e. The zero-order chi connectivity index (χ0) is 10.9. The van der Waals surface area contributed by atoms with Gasteiger partial charge in [0, 0.05) is 17.0 Å². The Bertz CT molecular complexity index is 347. The Balaban J connectivity index is 3.29. The highest BCUT2D eigenvalue weighted by Gasteiger charge is 2.24. The van der Waals surface area contributed by atoms with Crippen LogP contribution in [0.5, 0.6) is 11.5 Å². The molecule has 0 unspecified atom stereocenters. The Hall–Kier alpha value is -1.29. The molecule has 0 radical (unpaired) electrons. The predicted octanol–water partition coefficient (Wildman–Crippen LogP) is 1.51. The average molecular weight is 200 g/mol. The van der Waals surface area contributed by atoms with Crippen molar-refractivity contribution in [2.45, 2.75) is 19.3 Å². The molecule has 3 nitrogen and oxygen atoms in total. The molecule has 0 saturated carbocycles. The van der Waals surface area contributed by atoms with Gasteiger partial charge in [-0.1, -0.05) is 13.8 Å². The smallest absolute Gasteiger partial charge is 0.168 e. The minimum Gasteiger partial charge on any atom is -0.508 e. The minimum atomic E-state index is -0.875. The fourth-order valence-electron chi connectivity index (χ4n) is 1.18. The number of rotatable bonds is 2. The number of halogens is 1. The lowest BCUT2D eigenvalue weighted by molar-refractivity contribution is 0.214. The SMILES string of the molecule is CC(C)(CO)c1cc(O)c(F)cc1O. The minimum absolute atomic E-state index is 0.203. The molecule has 14 heavy (non-hydrogen) atoms. The lowest BCUT2D eigenvalue weighted by atomic mass is 9.85. The van der Waals surface area contributed by atoms with Crippen LogP contribution in [-0.4, -0.2) is 21.9 Å². The molecule has 0 amide bonds. The standard InChI is InChI=1S/C10H13FO3/c1-10(2,5-12)6-3-9(14)7(11)4-8(6)13/h3-4,12-14H,5H2,1-2H3. The number of aromatic hydroxyl groups is 2. The number of hydrogen-bond acceptors (Lipinski definition) is 3. The number of phenolic OH excluding ortho intramolecular Hbond substituents is 2. The summed E-state index contributed by atoms with van der Waals surface area (Å²) in [6.45, 7) is 3.16. The largest absolute Gasteiger partial charge is 0.508 e. The summed E-state index contributed by atoms with van der Waals surface area (Å²) in [5.41, 5.74) is -0.395. The monoisotopic (exact) mass is 200 g/mol. The van der Waals surface area contributed by atoms with E-state index in [4.69, 9.17) is 10.2 Å². The third-order valence-corrected chi connectivity index (χ3v) is 2.19. The van der Waals surface area contributed by atoms with E-state index in [0.29, 0.717) is 5.56 Å². The summed E-state index contributed by atoms with van der Waals surface area (Å²) in [6.07, 6.45) is 0. The Morgan fingerprint density at radius 2 is 1.79 bits per heavy atom. The van der Waals surface area contributed by atoms with E-state index in [9.17, 15) is 9.50 Å². The van der Waals surface area contributed by atoms with Crippen LogP contribution in [0.15, 0.2) is 12.1 Å². The van der Waals surface area contributed by atoms with Gasteiger partial charge in [0.05, 0.1) is 6.61 Å². The first kappa shape index (κ1) is 10.8. The Morgan fingerprint density at radius 1 is 1.21 bits per heavy atom. The molecule has 0 aliphatic carbocycles. The lowest BCUT2D eigenvalue weighted by Gasteiger charge is -2.23. The van der Waals surface area contributed by atoms with Gasteiger partial charge in [0.1, 0.15) is 5.75 Å². The quantitative estimate of drug-likeness (QED) is 0.634. The van der Waals surface area contributed by atoms with Crippen molar-refractivity contribution in [2.75, 3.05) is 6.61 Å². The molecule has 0 atom stereocenters. The van der Waals surface area contributed by atoms with Crippen LogP contribution in [0.25, 0.3) is 0 Å². The third kappa shape index (κ3) is 1.80. The van der Waals surface area contributed by atoms with Gasteiger partial charge in [0.15, 0.2) is 11.6 Å². The summed E-state index contributed by atoms with van der Waals surface area (Å²) in [5.74, 6) is -1.67. The molecule has 78 valence electrons. The van der Waals surface area contributed by atoms with E-state index in [0.717, 1.165) is 12.1 Å². The average Bonchev–Trinajstić information content (AvgIpc) is 2.11. The summed E-state index contributed by atoms with van der Waals surface area (Å²) in [5, 5.41) is 27.6. The maximum absolute atomic E-state index is 12.8. The van der Waals surface area contributed by atoms with Crippen molar-refractivity contribution >= 4 is 0 Å². The van der Waals surface area contributed by atoms with Crippen LogP contribution in [0.3, 0.4) is 0 Å². The van der Waals surface area contributed by atoms with Gasteiger partial charge in [0.2, 0.25) is 0 Å². The highest BCUT2D eigenvalue weighted by atomic mass is 19.1. The Kier molecular flexibility index (Phi) is 2.66. The molecular weight excluding hydrogens is 187 g/mol. The summed E-state index contributed by atoms with van der Waals surface area (Å²) in [6, 6.07) is 1.96. The zero-order valence-corrected chi connectivity index (χ0v) is 8.08. The van der Waals surface area contributed by atoms with Crippen LogP contribution in [0, 0.1) is 5.82 Å². The van der Waals surface area contributed by atoms with E-state index in [1.165, 1.54) is 0 Å². The lowest BCUT2D eigenvalue weighted by Crippen LogP contribution is -2.22. The highest BCUT2D eigenvalue weighted by Crippen LogP contribution is 2.34. The van der Waals surface area contributed by atoms with Gasteiger partial charge in [-0.15, -0.1) is 0 Å². The molecule has 0 aromatic heterocycles. The summed E-state index contributed by atoms with van der Waals surface area (Å²) < 4.78 is 12.8. The molecule has 0 bridgehead atoms. The van der Waals surface area contributed by atoms with Crippen molar-refractivity contribution in [3.05, 3.63) is 23.5 Å². The molecule has 0 heterocycles. The van der Waals surface area contributed by atoms with Crippen LogP contribution in [0.2, 0.25) is 0 Å². The maximum atomic E-state index is 12.8. The van der Waals surface area contributed by atoms with E-state index in [-0.39, 0.29) is 12.4 Å². The van der Waals surface area contributed by atoms with Crippen molar-refractivity contribution in [1.29, 1.82) is 0 Å². The van der Waals surface area contributed by atoms with Gasteiger partial charge in [-0.25, -0.2) is 4.39 Å². The fraction of sp³-hybridized carbons (Fsp3) is 0.400. The first-order valence-corrected chi connectivity index (χ1v) is 4.21. The number of hydrogen-bond donors (Lipinski definition) is 3. The second-order valence-corrected chi connectivity index (χ2v) is 3.86. The molecule has 0 aliphatic heterocycles. The van der Waals surface area contributed by atoms with Crippen LogP contribution in [0.4, 0.5) is 4.39 Å². The van der Waals surface area contributed by atoms with Crippen molar-refractivity contribution < 1.29 is 19.7 Å². The second-order valence-electron chi connectivity index (χ2n) is 3.86. The van der Waals surface area contributed by atoms with Crippen LogP contribution in [0.1, 0.15) is 19.4 Å². The Morgan fingerprint density at radius 3 is 2.29 bits per heavy atom. The summed E-state index contributed by atoms with van der Waals surface area (Å²) in [7, 11) is 0. The summed E-state index contributed by atoms with van der Waals surface area (Å²) >= 11 is 0. The van der Waals surface area contributed by atoms with E-state index in [1.54, 1.807) is 13.8 Å². The van der Waals surface area contributed by atoms with Gasteiger partial charge in [-0.05, 0) is 6.07 Å². The van der Waals surface area contributed by atoms with Gasteiger partial charge >= 0.3 is 0 Å². The van der Waals surface area contributed by atoms with Crippen LogP contribution >= 0.6 is 0 Å². The van der Waals surface area contributed by atoms with Gasteiger partial charge in [-0.2, -0.15) is 0 Å². The molecule has 1 aromatic rings. The highest BCUT2D eigenvalue weighted by molar-refractivity contribution is 5.43. The van der Waals surface area contributed by atoms with E-state index < -0.39 is 17.0 Å². The fourth-order valence-corrected chi connectivity index (χ4v) is 1.18. The summed E-state index contributed by atoms with van der Waals surface area (Å²) in [4.78, 5) is 0. The molecule has 4 heteroatoms. The molecule has 0 aliphatic rings. The van der Waals surface area contributed by atoms with E-state index >= 15 is 0 Å². The molecule has 0 fully saturated rings. The number of phenols is 2. The second kappa shape index (κ2) is 3.46. The molecule has 0 spiro atoms. The number of aliphatic hydroxyl groups is 1. The molecule has 0 saturated heterocycles. The van der Waals surface area contributed by atoms with Crippen molar-refractivity contribution in [3.8, 4) is 11.5 Å². The third-order valence-electron chi connectivity index (χ3n) is 2.19. The topological polar surface area (TPSA) is 60.7 Å². The molecule has 3 N–H and O–H groups in total. The van der Waals surface area contributed by atoms with Crippen LogP contribution in [-0.2, 0) is 5.41 Å². The van der Waals surface area contributed by atoms with Crippen molar-refractivity contribution in [1.82, 2.24) is 0 Å². The van der Waals surface area contributed by atoms with Crippen molar-refractivity contribution in [3.63, 3.8) is 0 Å². The molecule has 1 rings (SSSR count). The first-order valence-electron chi connectivity index (χ1n) is 4.21. The molecule has 1 aromatic carbocycles. The normalized spacial score (nSPS) is 11.7. The molecular formula is C10H13FO3.